The molecule has 1 unspecified atom stereocenters. The van der Waals surface area contributed by atoms with Crippen molar-refractivity contribution in [3.8, 4) is 0 Å². The van der Waals surface area contributed by atoms with Crippen LogP contribution in [0.25, 0.3) is 0 Å². The van der Waals surface area contributed by atoms with Crippen molar-refractivity contribution in [2.24, 2.45) is 0 Å². The van der Waals surface area contributed by atoms with Crippen molar-refractivity contribution in [2.75, 3.05) is 6.54 Å². The Labute approximate surface area is 173 Å². The lowest BCUT2D eigenvalue weighted by Crippen LogP contribution is -2.32. The van der Waals surface area contributed by atoms with Crippen LogP contribution in [-0.2, 0) is 16.6 Å². The molecule has 1 amide bonds. The van der Waals surface area contributed by atoms with Gasteiger partial charge in [0.25, 0.3) is 5.91 Å². The summed E-state index contributed by atoms with van der Waals surface area (Å²) >= 11 is 0. The summed E-state index contributed by atoms with van der Waals surface area (Å²) in [5, 5.41) is 6.90. The molecule has 0 saturated heterocycles. The van der Waals surface area contributed by atoms with E-state index in [4.69, 9.17) is 0 Å². The maximum absolute atomic E-state index is 14.1. The molecule has 0 aliphatic heterocycles. The second-order valence-corrected chi connectivity index (χ2v) is 8.08. The van der Waals surface area contributed by atoms with Gasteiger partial charge in [0, 0.05) is 12.1 Å². The standard InChI is InChI=1S/C20H20FN5O3S/c1-2-10-24-30(28,29)19-11-16(8-9-17(19)21)20(27)25-18(12-26-14-22-13-23-26)15-6-4-3-5-7-15/h2-9,11,13-14,18,24H,1,10,12H2,(H,25,27). The molecule has 156 valence electrons. The Morgan fingerprint density at radius 1 is 1.23 bits per heavy atom. The molecular weight excluding hydrogens is 409 g/mol. The highest BCUT2D eigenvalue weighted by atomic mass is 32.2. The van der Waals surface area contributed by atoms with Crippen molar-refractivity contribution in [2.45, 2.75) is 17.5 Å². The Balaban J connectivity index is 1.87. The van der Waals surface area contributed by atoms with Gasteiger partial charge in [-0.05, 0) is 23.8 Å². The summed E-state index contributed by atoms with van der Waals surface area (Å²) in [5.41, 5.74) is 0.832. The monoisotopic (exact) mass is 429 g/mol. The molecule has 0 aliphatic rings. The van der Waals surface area contributed by atoms with Gasteiger partial charge in [0.05, 0.1) is 12.6 Å². The summed E-state index contributed by atoms with van der Waals surface area (Å²) in [6.45, 7) is 3.67. The zero-order chi connectivity index (χ0) is 21.6. The lowest BCUT2D eigenvalue weighted by molar-refractivity contribution is 0.0931. The highest BCUT2D eigenvalue weighted by Crippen LogP contribution is 2.19. The Hall–Kier alpha value is -3.37. The number of rotatable bonds is 9. The van der Waals surface area contributed by atoms with Gasteiger partial charge in [0.1, 0.15) is 23.4 Å². The van der Waals surface area contributed by atoms with Gasteiger partial charge in [-0.15, -0.1) is 6.58 Å². The summed E-state index contributed by atoms with van der Waals surface area (Å²) < 4.78 is 42.5. The molecule has 1 aromatic heterocycles. The third-order valence-electron chi connectivity index (χ3n) is 4.24. The first-order chi connectivity index (χ1) is 14.4. The molecule has 1 heterocycles. The number of nitrogens with zero attached hydrogens (tertiary/aromatic N) is 3. The first-order valence-corrected chi connectivity index (χ1v) is 10.5. The van der Waals surface area contributed by atoms with Crippen LogP contribution in [0.15, 0.2) is 78.7 Å². The molecule has 0 fully saturated rings. The van der Waals surface area contributed by atoms with Crippen LogP contribution < -0.4 is 10.0 Å². The summed E-state index contributed by atoms with van der Waals surface area (Å²) in [6, 6.07) is 11.9. The second-order valence-electron chi connectivity index (χ2n) is 6.34. The van der Waals surface area contributed by atoms with Crippen LogP contribution in [0.2, 0.25) is 0 Å². The Kier molecular flexibility index (Phi) is 6.70. The van der Waals surface area contributed by atoms with Gasteiger partial charge in [-0.1, -0.05) is 36.4 Å². The van der Waals surface area contributed by atoms with Crippen molar-refractivity contribution in [3.05, 3.63) is 90.8 Å². The molecule has 3 rings (SSSR count). The second kappa shape index (κ2) is 9.42. The van der Waals surface area contributed by atoms with Crippen LogP contribution in [0.5, 0.6) is 0 Å². The van der Waals surface area contributed by atoms with Crippen LogP contribution in [0.1, 0.15) is 22.0 Å². The van der Waals surface area contributed by atoms with E-state index in [-0.39, 0.29) is 12.1 Å². The number of sulfonamides is 1. The molecule has 0 bridgehead atoms. The van der Waals surface area contributed by atoms with Crippen molar-refractivity contribution in [1.29, 1.82) is 0 Å². The number of hydrogen-bond donors (Lipinski definition) is 2. The van der Waals surface area contributed by atoms with E-state index in [0.29, 0.717) is 6.54 Å². The number of amides is 1. The lowest BCUT2D eigenvalue weighted by atomic mass is 10.1. The van der Waals surface area contributed by atoms with E-state index in [1.54, 1.807) is 4.68 Å². The van der Waals surface area contributed by atoms with Crippen molar-refractivity contribution >= 4 is 15.9 Å². The van der Waals surface area contributed by atoms with Gasteiger partial charge in [-0.25, -0.2) is 22.5 Å². The third-order valence-corrected chi connectivity index (χ3v) is 5.68. The van der Waals surface area contributed by atoms with E-state index in [0.717, 1.165) is 17.7 Å². The highest BCUT2D eigenvalue weighted by Gasteiger charge is 2.22. The average Bonchev–Trinajstić information content (AvgIpc) is 3.26. The number of nitrogens with one attached hydrogen (secondary N) is 2. The summed E-state index contributed by atoms with van der Waals surface area (Å²) in [5.74, 6) is -1.51. The SMILES string of the molecule is C=CCNS(=O)(=O)c1cc(C(=O)NC(Cn2cncn2)c2ccccc2)ccc1F. The van der Waals surface area contributed by atoms with Crippen LogP contribution in [0, 0.1) is 5.82 Å². The quantitative estimate of drug-likeness (QED) is 0.507. The Morgan fingerprint density at radius 2 is 2.00 bits per heavy atom. The van der Waals surface area contributed by atoms with Crippen molar-refractivity contribution < 1.29 is 17.6 Å². The zero-order valence-corrected chi connectivity index (χ0v) is 16.7. The van der Waals surface area contributed by atoms with E-state index in [1.807, 2.05) is 30.3 Å². The van der Waals surface area contributed by atoms with Gasteiger partial charge in [-0.3, -0.25) is 9.48 Å². The van der Waals surface area contributed by atoms with Gasteiger partial charge < -0.3 is 5.32 Å². The van der Waals surface area contributed by atoms with Gasteiger partial charge in [0.15, 0.2) is 0 Å². The first-order valence-electron chi connectivity index (χ1n) is 8.99. The van der Waals surface area contributed by atoms with Crippen LogP contribution in [0.4, 0.5) is 4.39 Å². The molecule has 0 spiro atoms. The molecule has 10 heteroatoms. The minimum atomic E-state index is -4.13. The zero-order valence-electron chi connectivity index (χ0n) is 15.9. The largest absolute Gasteiger partial charge is 0.343 e. The Bertz CT molecular complexity index is 1120. The number of carbonyl (C=O) groups excluding carboxylic acids is 1. The van der Waals surface area contributed by atoms with Crippen LogP contribution >= 0.6 is 0 Å². The minimum Gasteiger partial charge on any atom is -0.343 e. The fourth-order valence-corrected chi connectivity index (χ4v) is 3.87. The average molecular weight is 429 g/mol. The molecule has 2 aromatic carbocycles. The summed E-state index contributed by atoms with van der Waals surface area (Å²) in [7, 11) is -4.13. The minimum absolute atomic E-state index is 0.00917. The number of benzene rings is 2. The fourth-order valence-electron chi connectivity index (χ4n) is 2.77. The van der Waals surface area contributed by atoms with Crippen molar-refractivity contribution in [1.82, 2.24) is 24.8 Å². The lowest BCUT2D eigenvalue weighted by Gasteiger charge is -2.19. The summed E-state index contributed by atoms with van der Waals surface area (Å²) in [6.07, 6.45) is 4.24. The molecule has 1 atom stereocenters. The van der Waals surface area contributed by atoms with Gasteiger partial charge >= 0.3 is 0 Å². The van der Waals surface area contributed by atoms with E-state index >= 15 is 0 Å². The van der Waals surface area contributed by atoms with Crippen LogP contribution in [-0.4, -0.2) is 35.6 Å². The number of carbonyl (C=O) groups is 1. The maximum Gasteiger partial charge on any atom is 0.251 e. The maximum atomic E-state index is 14.1. The van der Waals surface area contributed by atoms with E-state index in [1.165, 1.54) is 24.8 Å². The number of aromatic nitrogens is 3. The van der Waals surface area contributed by atoms with E-state index in [2.05, 4.69) is 26.7 Å². The highest BCUT2D eigenvalue weighted by molar-refractivity contribution is 7.89. The number of hydrogen-bond acceptors (Lipinski definition) is 5. The van der Waals surface area contributed by atoms with Crippen molar-refractivity contribution in [3.63, 3.8) is 0 Å². The van der Waals surface area contributed by atoms with Crippen LogP contribution in [0.3, 0.4) is 0 Å². The number of halogens is 1. The molecule has 2 N–H and O–H groups in total. The molecule has 8 nitrogen and oxygen atoms in total. The Morgan fingerprint density at radius 3 is 2.67 bits per heavy atom. The first kappa shape index (κ1) is 21.3. The van der Waals surface area contributed by atoms with E-state index < -0.39 is 32.7 Å². The van der Waals surface area contributed by atoms with Gasteiger partial charge in [-0.2, -0.15) is 5.10 Å². The molecule has 0 radical (unpaired) electrons. The topological polar surface area (TPSA) is 106 Å². The predicted octanol–water partition coefficient (Wildman–Crippen LogP) is 2.05. The third kappa shape index (κ3) is 5.16. The molecular formula is C20H20FN5O3S. The molecule has 0 aliphatic carbocycles. The van der Waals surface area contributed by atoms with E-state index in [9.17, 15) is 17.6 Å². The smallest absolute Gasteiger partial charge is 0.251 e. The predicted molar refractivity (Wildman–Crippen MR) is 108 cm³/mol. The molecule has 30 heavy (non-hydrogen) atoms. The normalized spacial score (nSPS) is 12.3. The summed E-state index contributed by atoms with van der Waals surface area (Å²) in [4.78, 5) is 16.1. The molecule has 0 saturated carbocycles. The molecule has 3 aromatic rings. The fraction of sp³-hybridized carbons (Fsp3) is 0.150. The van der Waals surface area contributed by atoms with Gasteiger partial charge in [0.2, 0.25) is 10.0 Å².